The Kier molecular flexibility index (Phi) is 7.03. The third-order valence-electron chi connectivity index (χ3n) is 4.99. The van der Waals surface area contributed by atoms with E-state index in [9.17, 15) is 9.59 Å². The van der Waals surface area contributed by atoms with Crippen LogP contribution in [0.25, 0.3) is 0 Å². The number of hydrogen-bond donors (Lipinski definition) is 0. The fourth-order valence-corrected chi connectivity index (χ4v) is 3.74. The van der Waals surface area contributed by atoms with E-state index in [4.69, 9.17) is 9.47 Å². The molecule has 126 valence electrons. The summed E-state index contributed by atoms with van der Waals surface area (Å²) in [4.78, 5) is 24.7. The molecule has 1 saturated carbocycles. The molecule has 4 heteroatoms. The molecule has 2 fully saturated rings. The third kappa shape index (κ3) is 4.39. The molecule has 1 saturated heterocycles. The highest BCUT2D eigenvalue weighted by atomic mass is 16.7. The Balaban J connectivity index is 1.74. The lowest BCUT2D eigenvalue weighted by molar-refractivity contribution is -0.163. The van der Waals surface area contributed by atoms with Crippen LogP contribution in [0.5, 0.6) is 0 Å². The van der Waals surface area contributed by atoms with Crippen LogP contribution in [-0.4, -0.2) is 31.1 Å². The largest absolute Gasteiger partial charge is 0.353 e. The Morgan fingerprint density at radius 1 is 1.09 bits per heavy atom. The van der Waals surface area contributed by atoms with Crippen LogP contribution in [0.3, 0.4) is 0 Å². The minimum Gasteiger partial charge on any atom is -0.353 e. The van der Waals surface area contributed by atoms with Gasteiger partial charge in [-0.25, -0.2) is 0 Å². The molecule has 2 aliphatic rings. The first-order valence-electron chi connectivity index (χ1n) is 8.99. The summed E-state index contributed by atoms with van der Waals surface area (Å²) in [5.74, 6) is 0.365. The molecule has 0 N–H and O–H groups in total. The van der Waals surface area contributed by atoms with E-state index in [1.807, 2.05) is 0 Å². The normalized spacial score (nSPS) is 25.4. The number of unbranched alkanes of at least 4 members (excludes halogenated alkanes) is 1. The average molecular weight is 310 g/mol. The summed E-state index contributed by atoms with van der Waals surface area (Å²) in [5.41, 5.74) is -0.672. The van der Waals surface area contributed by atoms with E-state index in [1.54, 1.807) is 0 Å². The van der Waals surface area contributed by atoms with Crippen LogP contribution in [0.4, 0.5) is 0 Å². The van der Waals surface area contributed by atoms with Crippen molar-refractivity contribution in [1.82, 2.24) is 0 Å². The zero-order chi connectivity index (χ0) is 15.8. The van der Waals surface area contributed by atoms with Crippen LogP contribution in [0.1, 0.15) is 77.6 Å². The molecule has 1 heterocycles. The second-order valence-electron chi connectivity index (χ2n) is 6.66. The maximum absolute atomic E-state index is 12.4. The lowest BCUT2D eigenvalue weighted by atomic mass is 9.66. The van der Waals surface area contributed by atoms with Gasteiger partial charge in [0.2, 0.25) is 0 Å². The van der Waals surface area contributed by atoms with Gasteiger partial charge in [-0.15, -0.1) is 0 Å². The molecule has 0 aromatic heterocycles. The lowest BCUT2D eigenvalue weighted by Gasteiger charge is -2.34. The van der Waals surface area contributed by atoms with Gasteiger partial charge in [0.25, 0.3) is 0 Å². The molecule has 0 radical (unpaired) electrons. The highest BCUT2D eigenvalue weighted by Crippen LogP contribution is 2.39. The van der Waals surface area contributed by atoms with E-state index in [1.165, 1.54) is 6.42 Å². The van der Waals surface area contributed by atoms with E-state index in [0.717, 1.165) is 51.6 Å². The molecule has 0 spiro atoms. The van der Waals surface area contributed by atoms with E-state index in [-0.39, 0.29) is 17.9 Å². The number of carbonyl (C=O) groups excluding carboxylic acids is 2. The van der Waals surface area contributed by atoms with Crippen LogP contribution < -0.4 is 0 Å². The Morgan fingerprint density at radius 3 is 2.50 bits per heavy atom. The van der Waals surface area contributed by atoms with Crippen molar-refractivity contribution in [3.8, 4) is 0 Å². The average Bonchev–Trinajstić information content (AvgIpc) is 2.53. The summed E-state index contributed by atoms with van der Waals surface area (Å²) in [6, 6.07) is 0. The van der Waals surface area contributed by atoms with Crippen LogP contribution in [0.2, 0.25) is 0 Å². The second-order valence-corrected chi connectivity index (χ2v) is 6.66. The van der Waals surface area contributed by atoms with Crippen molar-refractivity contribution in [1.29, 1.82) is 0 Å². The molecule has 0 bridgehead atoms. The van der Waals surface area contributed by atoms with Gasteiger partial charge < -0.3 is 9.47 Å². The number of hydrogen-bond acceptors (Lipinski definition) is 4. The molecule has 1 aliphatic heterocycles. The summed E-state index contributed by atoms with van der Waals surface area (Å²) >= 11 is 0. The van der Waals surface area contributed by atoms with Crippen molar-refractivity contribution in [2.75, 3.05) is 13.2 Å². The standard InChI is InChI=1S/C18H30O4/c1-2-11-18(15(19)8-7-9-16(18)20)12-4-6-14-22-17-10-3-5-13-21-17/h17H,2-14H2,1H3. The Morgan fingerprint density at radius 2 is 1.86 bits per heavy atom. The first kappa shape index (κ1) is 17.6. The van der Waals surface area contributed by atoms with Gasteiger partial charge in [-0.05, 0) is 51.4 Å². The second kappa shape index (κ2) is 8.78. The van der Waals surface area contributed by atoms with E-state index < -0.39 is 5.41 Å². The first-order valence-corrected chi connectivity index (χ1v) is 8.99. The maximum Gasteiger partial charge on any atom is 0.157 e. The monoisotopic (exact) mass is 310 g/mol. The summed E-state index contributed by atoms with van der Waals surface area (Å²) in [7, 11) is 0. The van der Waals surface area contributed by atoms with Crippen LogP contribution in [0.15, 0.2) is 0 Å². The topological polar surface area (TPSA) is 52.6 Å². The van der Waals surface area contributed by atoms with Crippen molar-refractivity contribution in [2.45, 2.75) is 83.8 Å². The van der Waals surface area contributed by atoms with Gasteiger partial charge in [-0.3, -0.25) is 9.59 Å². The Bertz CT molecular complexity index is 355. The van der Waals surface area contributed by atoms with Crippen LogP contribution in [0, 0.1) is 5.41 Å². The number of carbonyl (C=O) groups is 2. The van der Waals surface area contributed by atoms with Crippen molar-refractivity contribution in [3.63, 3.8) is 0 Å². The molecule has 1 atom stereocenters. The third-order valence-corrected chi connectivity index (χ3v) is 4.99. The zero-order valence-corrected chi connectivity index (χ0v) is 13.9. The van der Waals surface area contributed by atoms with E-state index >= 15 is 0 Å². The molecule has 0 aromatic carbocycles. The minimum atomic E-state index is -0.672. The van der Waals surface area contributed by atoms with Gasteiger partial charge in [-0.2, -0.15) is 0 Å². The van der Waals surface area contributed by atoms with Crippen LogP contribution >= 0.6 is 0 Å². The fraction of sp³-hybridized carbons (Fsp3) is 0.889. The number of rotatable bonds is 8. The Hall–Kier alpha value is -0.740. The quantitative estimate of drug-likeness (QED) is 0.505. The van der Waals surface area contributed by atoms with E-state index in [0.29, 0.717) is 25.9 Å². The maximum atomic E-state index is 12.4. The summed E-state index contributed by atoms with van der Waals surface area (Å²) < 4.78 is 11.3. The SMILES string of the molecule is CCCC1(CCCCOC2CCCCO2)C(=O)CCCC1=O. The Labute approximate surface area is 133 Å². The molecule has 4 nitrogen and oxygen atoms in total. The van der Waals surface area contributed by atoms with Gasteiger partial charge in [-0.1, -0.05) is 13.3 Å². The van der Waals surface area contributed by atoms with Crippen molar-refractivity contribution in [3.05, 3.63) is 0 Å². The molecular weight excluding hydrogens is 280 g/mol. The summed E-state index contributed by atoms with van der Waals surface area (Å²) in [6.07, 6.45) is 9.23. The van der Waals surface area contributed by atoms with E-state index in [2.05, 4.69) is 6.92 Å². The molecule has 2 rings (SSSR count). The first-order chi connectivity index (χ1) is 10.7. The lowest BCUT2D eigenvalue weighted by Crippen LogP contribution is -2.42. The number of Topliss-reactive ketones (excluding diaryl/α,β-unsaturated/α-hetero) is 2. The van der Waals surface area contributed by atoms with Crippen molar-refractivity contribution in [2.24, 2.45) is 5.41 Å². The smallest absolute Gasteiger partial charge is 0.157 e. The number of ketones is 2. The highest BCUT2D eigenvalue weighted by Gasteiger charge is 2.45. The van der Waals surface area contributed by atoms with Crippen molar-refractivity contribution >= 4 is 11.6 Å². The van der Waals surface area contributed by atoms with Crippen LogP contribution in [-0.2, 0) is 19.1 Å². The fourth-order valence-electron chi connectivity index (χ4n) is 3.74. The summed E-state index contributed by atoms with van der Waals surface area (Å²) in [5, 5.41) is 0. The van der Waals surface area contributed by atoms with Gasteiger partial charge in [0.05, 0.1) is 5.41 Å². The zero-order valence-electron chi connectivity index (χ0n) is 13.9. The highest BCUT2D eigenvalue weighted by molar-refractivity contribution is 6.08. The minimum absolute atomic E-state index is 0.0451. The van der Waals surface area contributed by atoms with Gasteiger partial charge in [0.1, 0.15) is 11.6 Å². The molecular formula is C18H30O4. The van der Waals surface area contributed by atoms with Gasteiger partial charge >= 0.3 is 0 Å². The molecule has 0 amide bonds. The molecule has 1 unspecified atom stereocenters. The van der Waals surface area contributed by atoms with Gasteiger partial charge in [0, 0.05) is 26.1 Å². The van der Waals surface area contributed by atoms with Crippen molar-refractivity contribution < 1.29 is 19.1 Å². The molecule has 22 heavy (non-hydrogen) atoms. The number of ether oxygens (including phenoxy) is 2. The molecule has 0 aromatic rings. The molecule has 1 aliphatic carbocycles. The predicted molar refractivity (Wildman–Crippen MR) is 84.6 cm³/mol. The predicted octanol–water partition coefficient (Wildman–Crippen LogP) is 3.81. The summed E-state index contributed by atoms with van der Waals surface area (Å²) in [6.45, 7) is 3.52. The van der Waals surface area contributed by atoms with Gasteiger partial charge in [0.15, 0.2) is 6.29 Å².